The third-order valence-corrected chi connectivity index (χ3v) is 7.20. The van der Waals surface area contributed by atoms with Crippen LogP contribution in [-0.4, -0.2) is 0 Å². The molecular weight excluding hydrogens is 415 g/mol. The second-order valence-electron chi connectivity index (χ2n) is 9.06. The van der Waals surface area contributed by atoms with Gasteiger partial charge >= 0.3 is 0 Å². The lowest BCUT2D eigenvalue weighted by molar-refractivity contribution is 0.628. The van der Waals surface area contributed by atoms with Crippen molar-refractivity contribution in [1.82, 2.24) is 0 Å². The van der Waals surface area contributed by atoms with Gasteiger partial charge in [0.25, 0.3) is 0 Å². The zero-order valence-electron chi connectivity index (χ0n) is 18.5. The highest BCUT2D eigenvalue weighted by atomic mass is 19.1. The summed E-state index contributed by atoms with van der Waals surface area (Å²) in [6.07, 6.45) is 0. The van der Waals surface area contributed by atoms with Crippen LogP contribution in [-0.2, 0) is 0 Å². The van der Waals surface area contributed by atoms with Crippen molar-refractivity contribution in [1.29, 1.82) is 0 Å². The monoisotopic (exact) mass is 436 g/mol. The van der Waals surface area contributed by atoms with Crippen LogP contribution >= 0.6 is 0 Å². The van der Waals surface area contributed by atoms with E-state index >= 15 is 0 Å². The van der Waals surface area contributed by atoms with Gasteiger partial charge in [-0.2, -0.15) is 0 Å². The molecule has 6 aromatic carbocycles. The molecule has 1 atom stereocenters. The van der Waals surface area contributed by atoms with Crippen LogP contribution in [0.1, 0.15) is 22.6 Å². The molecule has 0 bridgehead atoms. The van der Waals surface area contributed by atoms with E-state index in [2.05, 4.69) is 97.1 Å². The molecule has 0 heterocycles. The number of rotatable bonds is 2. The Hall–Kier alpha value is -4.23. The molecule has 0 nitrogen and oxygen atoms in total. The molecule has 0 radical (unpaired) electrons. The highest BCUT2D eigenvalue weighted by Crippen LogP contribution is 2.51. The van der Waals surface area contributed by atoms with Crippen LogP contribution in [0.25, 0.3) is 43.8 Å². The van der Waals surface area contributed by atoms with Crippen molar-refractivity contribution in [2.75, 3.05) is 0 Å². The Morgan fingerprint density at radius 2 is 1.06 bits per heavy atom. The van der Waals surface area contributed by atoms with Crippen molar-refractivity contribution < 1.29 is 4.39 Å². The van der Waals surface area contributed by atoms with Gasteiger partial charge in [0.2, 0.25) is 0 Å². The van der Waals surface area contributed by atoms with E-state index < -0.39 is 0 Å². The molecule has 1 unspecified atom stereocenters. The number of benzene rings is 6. The van der Waals surface area contributed by atoms with E-state index in [1.807, 2.05) is 12.1 Å². The Morgan fingerprint density at radius 1 is 0.471 bits per heavy atom. The van der Waals surface area contributed by atoms with Gasteiger partial charge in [-0.25, -0.2) is 4.39 Å². The van der Waals surface area contributed by atoms with Crippen molar-refractivity contribution in [2.24, 2.45) is 0 Å². The minimum Gasteiger partial charge on any atom is -0.207 e. The first kappa shape index (κ1) is 19.3. The molecule has 0 amide bonds. The molecule has 1 aliphatic carbocycles. The first-order valence-electron chi connectivity index (χ1n) is 11.7. The SMILES string of the molecule is Fc1ccc(-c2ccc3c(c2)C(c2c4ccccc4cc4ccccc24)c2ccccc2-3)cc1. The summed E-state index contributed by atoms with van der Waals surface area (Å²) in [7, 11) is 0. The Labute approximate surface area is 197 Å². The topological polar surface area (TPSA) is 0 Å². The van der Waals surface area contributed by atoms with E-state index in [4.69, 9.17) is 0 Å². The van der Waals surface area contributed by atoms with Crippen LogP contribution < -0.4 is 0 Å². The van der Waals surface area contributed by atoms with Crippen LogP contribution in [0, 0.1) is 5.82 Å². The Morgan fingerprint density at radius 3 is 1.79 bits per heavy atom. The predicted octanol–water partition coefficient (Wildman–Crippen LogP) is 8.96. The van der Waals surface area contributed by atoms with Crippen LogP contribution in [0.5, 0.6) is 0 Å². The first-order valence-corrected chi connectivity index (χ1v) is 11.7. The highest BCUT2D eigenvalue weighted by molar-refractivity contribution is 6.04. The molecule has 34 heavy (non-hydrogen) atoms. The summed E-state index contributed by atoms with van der Waals surface area (Å²) < 4.78 is 13.6. The Balaban J connectivity index is 1.56. The number of hydrogen-bond acceptors (Lipinski definition) is 0. The average molecular weight is 437 g/mol. The number of fused-ring (bicyclic) bond motifs is 5. The Bertz CT molecular complexity index is 1660. The number of halogens is 1. The molecule has 0 N–H and O–H groups in total. The van der Waals surface area contributed by atoms with E-state index in [1.165, 1.54) is 61.5 Å². The molecule has 160 valence electrons. The van der Waals surface area contributed by atoms with E-state index in [-0.39, 0.29) is 11.7 Å². The maximum Gasteiger partial charge on any atom is 0.123 e. The zero-order chi connectivity index (χ0) is 22.6. The van der Waals surface area contributed by atoms with Crippen LogP contribution in [0.3, 0.4) is 0 Å². The van der Waals surface area contributed by atoms with Gasteiger partial charge in [0.15, 0.2) is 0 Å². The van der Waals surface area contributed by atoms with Crippen LogP contribution in [0.2, 0.25) is 0 Å². The van der Waals surface area contributed by atoms with Gasteiger partial charge in [-0.15, -0.1) is 0 Å². The van der Waals surface area contributed by atoms with Crippen molar-refractivity contribution in [3.05, 3.63) is 144 Å². The maximum absolute atomic E-state index is 13.6. The van der Waals surface area contributed by atoms with Gasteiger partial charge in [0, 0.05) is 5.92 Å². The summed E-state index contributed by atoms with van der Waals surface area (Å²) >= 11 is 0. The smallest absolute Gasteiger partial charge is 0.123 e. The summed E-state index contributed by atoms with van der Waals surface area (Å²) in [5, 5.41) is 5.11. The third kappa shape index (κ3) is 2.84. The molecule has 7 rings (SSSR count). The van der Waals surface area contributed by atoms with E-state index in [0.717, 1.165) is 11.1 Å². The molecular formula is C33H21F. The van der Waals surface area contributed by atoms with Crippen molar-refractivity contribution in [2.45, 2.75) is 5.92 Å². The van der Waals surface area contributed by atoms with Crippen molar-refractivity contribution >= 4 is 21.5 Å². The molecule has 6 aromatic rings. The molecule has 0 saturated carbocycles. The number of hydrogen-bond donors (Lipinski definition) is 0. The zero-order valence-corrected chi connectivity index (χ0v) is 18.5. The van der Waals surface area contributed by atoms with Gasteiger partial charge in [-0.05, 0) is 84.8 Å². The summed E-state index contributed by atoms with van der Waals surface area (Å²) in [4.78, 5) is 0. The van der Waals surface area contributed by atoms with Gasteiger partial charge in [0.1, 0.15) is 5.82 Å². The minimum absolute atomic E-state index is 0.127. The lowest BCUT2D eigenvalue weighted by Crippen LogP contribution is -2.02. The van der Waals surface area contributed by atoms with E-state index in [0.29, 0.717) is 0 Å². The quantitative estimate of drug-likeness (QED) is 0.237. The molecule has 1 aliphatic rings. The molecule has 0 aliphatic heterocycles. The summed E-state index contributed by atoms with van der Waals surface area (Å²) in [6, 6.07) is 42.0. The lowest BCUT2D eigenvalue weighted by Gasteiger charge is -2.20. The summed E-state index contributed by atoms with van der Waals surface area (Å²) in [5.41, 5.74) is 8.73. The van der Waals surface area contributed by atoms with Gasteiger partial charge in [0.05, 0.1) is 0 Å². The third-order valence-electron chi connectivity index (χ3n) is 7.20. The fourth-order valence-corrected chi connectivity index (χ4v) is 5.70. The second kappa shape index (κ2) is 7.40. The molecule has 0 spiro atoms. The van der Waals surface area contributed by atoms with Gasteiger partial charge in [-0.3, -0.25) is 0 Å². The average Bonchev–Trinajstić information content (AvgIpc) is 3.21. The maximum atomic E-state index is 13.6. The van der Waals surface area contributed by atoms with Crippen molar-refractivity contribution in [3.63, 3.8) is 0 Å². The largest absolute Gasteiger partial charge is 0.207 e. The fourth-order valence-electron chi connectivity index (χ4n) is 5.70. The van der Waals surface area contributed by atoms with Crippen LogP contribution in [0.4, 0.5) is 4.39 Å². The molecule has 0 fully saturated rings. The molecule has 0 aromatic heterocycles. The lowest BCUT2D eigenvalue weighted by atomic mass is 9.82. The normalized spacial score (nSPS) is 14.3. The molecule has 1 heteroatoms. The minimum atomic E-state index is -0.211. The highest BCUT2D eigenvalue weighted by Gasteiger charge is 2.32. The summed E-state index contributed by atoms with van der Waals surface area (Å²) in [5.74, 6) is -0.0833. The van der Waals surface area contributed by atoms with Crippen LogP contribution in [0.15, 0.2) is 121 Å². The van der Waals surface area contributed by atoms with Crippen molar-refractivity contribution in [3.8, 4) is 22.3 Å². The second-order valence-corrected chi connectivity index (χ2v) is 9.06. The molecule has 0 saturated heterocycles. The predicted molar refractivity (Wildman–Crippen MR) is 140 cm³/mol. The van der Waals surface area contributed by atoms with Gasteiger partial charge in [-0.1, -0.05) is 97.1 Å². The van der Waals surface area contributed by atoms with E-state index in [9.17, 15) is 4.39 Å². The Kier molecular flexibility index (Phi) is 4.19. The standard InChI is InChI=1S/C33H21F/c34-25-16-13-21(14-17-25)22-15-18-29-28-11-5-6-12-30(28)33(31(29)20-22)32-26-9-3-1-7-23(26)19-24-8-2-4-10-27(24)32/h1-20,33H. The first-order chi connectivity index (χ1) is 16.8. The van der Waals surface area contributed by atoms with Gasteiger partial charge < -0.3 is 0 Å². The summed E-state index contributed by atoms with van der Waals surface area (Å²) in [6.45, 7) is 0. The van der Waals surface area contributed by atoms with E-state index in [1.54, 1.807) is 0 Å². The fraction of sp³-hybridized carbons (Fsp3) is 0.0303.